The number of aryl methyl sites for hydroxylation is 11. The zero-order chi connectivity index (χ0) is 96.0. The molecule has 3 aliphatic heterocycles. The zero-order valence-electron chi connectivity index (χ0n) is 81.5. The summed E-state index contributed by atoms with van der Waals surface area (Å²) in [6, 6.07) is 37.3. The molecule has 138 heavy (non-hydrogen) atoms. The molecule has 25 rings (SSSR count). The van der Waals surface area contributed by atoms with E-state index < -0.39 is 5.92 Å². The van der Waals surface area contributed by atoms with Crippen molar-refractivity contribution in [3.63, 3.8) is 0 Å². The van der Waals surface area contributed by atoms with Gasteiger partial charge in [0.1, 0.15) is 74.5 Å². The number of hydrogen-bond acceptors (Lipinski definition) is 18. The van der Waals surface area contributed by atoms with Crippen molar-refractivity contribution in [2.45, 2.75) is 292 Å². The summed E-state index contributed by atoms with van der Waals surface area (Å²) in [5.41, 5.74) is 33.0. The quantitative estimate of drug-likeness (QED) is 0.0502. The number of hydrogen-bond donors (Lipinski definition) is 5. The van der Waals surface area contributed by atoms with Gasteiger partial charge in [-0.3, -0.25) is 14.4 Å². The van der Waals surface area contributed by atoms with Gasteiger partial charge in [0, 0.05) is 119 Å². The number of aromatic amines is 5. The molecule has 710 valence electrons. The van der Waals surface area contributed by atoms with Crippen molar-refractivity contribution in [2.24, 2.45) is 0 Å². The van der Waals surface area contributed by atoms with Crippen molar-refractivity contribution in [1.82, 2.24) is 75.6 Å². The summed E-state index contributed by atoms with van der Waals surface area (Å²) in [5, 5.41) is 20.6. The van der Waals surface area contributed by atoms with Crippen molar-refractivity contribution >= 4 is 90.0 Å². The number of nitrogens with one attached hydrogen (secondary N) is 5. The molecule has 3 amide bonds. The molecule has 0 bridgehead atoms. The maximum atomic E-state index is 13.7. The fourth-order valence-corrected chi connectivity index (χ4v) is 21.1. The van der Waals surface area contributed by atoms with E-state index >= 15 is 0 Å². The lowest BCUT2D eigenvalue weighted by Gasteiger charge is -2.25. The van der Waals surface area contributed by atoms with Crippen LogP contribution in [0.15, 0.2) is 132 Å². The number of nitrogens with zero attached hydrogens (tertiary/aromatic N) is 13. The lowest BCUT2D eigenvalue weighted by molar-refractivity contribution is -0.118. The molecule has 5 atom stereocenters. The number of H-pyrrole nitrogens is 5. The van der Waals surface area contributed by atoms with E-state index in [0.717, 1.165) is 271 Å². The van der Waals surface area contributed by atoms with Crippen LogP contribution < -0.4 is 14.7 Å². The van der Waals surface area contributed by atoms with Crippen LogP contribution in [-0.2, 0) is 20.3 Å². The Balaban J connectivity index is 0.000000103. The lowest BCUT2D eigenvalue weighted by Crippen LogP contribution is -2.32. The molecule has 13 heterocycles. The van der Waals surface area contributed by atoms with E-state index in [4.69, 9.17) is 47.5 Å². The van der Waals surface area contributed by atoms with Crippen LogP contribution in [0.3, 0.4) is 0 Å². The third kappa shape index (κ3) is 17.4. The molecule has 0 radical (unpaired) electrons. The number of anilines is 3. The Morgan fingerprint density at radius 2 is 0.652 bits per heavy atom. The van der Waals surface area contributed by atoms with E-state index in [0.29, 0.717) is 48.9 Å². The fourth-order valence-electron chi connectivity index (χ4n) is 21.1. The molecule has 5 aliphatic carbocycles. The Hall–Kier alpha value is -13.8. The van der Waals surface area contributed by atoms with Gasteiger partial charge in [-0.15, -0.1) is 0 Å². The highest BCUT2D eigenvalue weighted by molar-refractivity contribution is 6.08. The van der Waals surface area contributed by atoms with Gasteiger partial charge in [-0.05, 0) is 291 Å². The first-order valence-corrected chi connectivity index (χ1v) is 49.2. The van der Waals surface area contributed by atoms with Gasteiger partial charge in [0.05, 0.1) is 84.1 Å². The van der Waals surface area contributed by atoms with Crippen molar-refractivity contribution in [2.75, 3.05) is 14.7 Å². The van der Waals surface area contributed by atoms with Crippen LogP contribution in [0.4, 0.5) is 25.8 Å². The van der Waals surface area contributed by atoms with Crippen LogP contribution in [0.5, 0.6) is 0 Å². The van der Waals surface area contributed by atoms with Gasteiger partial charge in [-0.25, -0.2) is 33.7 Å². The highest BCUT2D eigenvalue weighted by Crippen LogP contribution is 2.51. The van der Waals surface area contributed by atoms with Gasteiger partial charge < -0.3 is 62.2 Å². The second-order valence-electron chi connectivity index (χ2n) is 40.1. The largest absolute Gasteiger partial charge is 0.361 e. The van der Waals surface area contributed by atoms with Crippen molar-refractivity contribution < 1.29 is 45.8 Å². The van der Waals surface area contributed by atoms with E-state index in [-0.39, 0.29) is 53.2 Å². The van der Waals surface area contributed by atoms with Crippen LogP contribution in [-0.4, -0.2) is 111 Å². The van der Waals surface area contributed by atoms with E-state index in [9.17, 15) is 23.2 Å². The minimum atomic E-state index is -2.85. The zero-order valence-corrected chi connectivity index (χ0v) is 81.5. The number of imidazole rings is 5. The van der Waals surface area contributed by atoms with Crippen LogP contribution in [0.25, 0.3) is 111 Å². The van der Waals surface area contributed by atoms with Crippen LogP contribution in [0.2, 0.25) is 0 Å². The van der Waals surface area contributed by atoms with Gasteiger partial charge in [0.15, 0.2) is 0 Å². The minimum Gasteiger partial charge on any atom is -0.361 e. The summed E-state index contributed by atoms with van der Waals surface area (Å²) in [4.78, 5) is 85.9. The van der Waals surface area contributed by atoms with Gasteiger partial charge in [-0.2, -0.15) is 0 Å². The summed E-state index contributed by atoms with van der Waals surface area (Å²) in [6.45, 7) is 33.2. The van der Waals surface area contributed by atoms with E-state index in [1.54, 1.807) is 12.1 Å². The lowest BCUT2D eigenvalue weighted by atomic mass is 9.88. The summed E-state index contributed by atoms with van der Waals surface area (Å²) >= 11 is 0. The smallest absolute Gasteiger partial charge is 0.270 e. The Labute approximate surface area is 798 Å². The van der Waals surface area contributed by atoms with Crippen molar-refractivity contribution in [3.8, 4) is 55.6 Å². The number of amides is 3. The molecular formula is C110H118F2N18O8. The molecule has 4 unspecified atom stereocenters. The van der Waals surface area contributed by atoms with Crippen molar-refractivity contribution in [1.29, 1.82) is 0 Å². The predicted molar refractivity (Wildman–Crippen MR) is 531 cm³/mol. The van der Waals surface area contributed by atoms with E-state index in [1.807, 2.05) is 83.9 Å². The van der Waals surface area contributed by atoms with E-state index in [2.05, 4.69) is 177 Å². The highest BCUT2D eigenvalue weighted by Gasteiger charge is 2.40. The predicted octanol–water partition coefficient (Wildman–Crippen LogP) is 26.2. The third-order valence-corrected chi connectivity index (χ3v) is 29.4. The number of carbonyl (C=O) groups excluding carboxylic acids is 3. The van der Waals surface area contributed by atoms with Crippen LogP contribution >= 0.6 is 0 Å². The average molecular weight is 1860 g/mol. The number of halogens is 2. The minimum absolute atomic E-state index is 0.0159. The Kier molecular flexibility index (Phi) is 23.4. The van der Waals surface area contributed by atoms with E-state index in [1.165, 1.54) is 80.2 Å². The number of benzene rings is 7. The summed E-state index contributed by atoms with van der Waals surface area (Å²) in [7, 11) is 0. The monoisotopic (exact) mass is 1860 g/mol. The summed E-state index contributed by atoms with van der Waals surface area (Å²) in [5.74, 6) is 9.88. The number of aromatic nitrogens is 15. The molecule has 28 heteroatoms. The molecule has 5 saturated carbocycles. The summed E-state index contributed by atoms with van der Waals surface area (Å²) < 4.78 is 54.3. The SMILES string of the molecule is CCC1CCC(=O)N1c1cc(-c2c(C)noc2C)cc2[nH]c(C3CC3)nc12.Cc1cccc(C(C)c2cc(-c3c(C)noc3C)cc3[nH]c(C4CC4)nc23)c1.Cc1noc(C)c1-c1cc(C(C)c2ccc(C(C)(F)F)cc2)c2nc(C3CC3)[nH]c2c1.Cc1noc(C)c1-c1cc(N2C(=O)CCC2C)c2nc(C3CC3)[nH]c2c1.Cc1noc(C)c1-c1cc(N2C(=O)CC[C@H]2C)c2nc(C3CC3)[nH]c2c1. The maximum Gasteiger partial charge on any atom is 0.270 e. The molecule has 8 aliphatic rings. The first-order chi connectivity index (χ1) is 66.3. The Bertz CT molecular complexity index is 7340. The Morgan fingerprint density at radius 1 is 0.362 bits per heavy atom. The van der Waals surface area contributed by atoms with Gasteiger partial charge in [-0.1, -0.05) is 101 Å². The first kappa shape index (κ1) is 90.7. The first-order valence-electron chi connectivity index (χ1n) is 49.2. The summed E-state index contributed by atoms with van der Waals surface area (Å²) in [6.07, 6.45) is 17.3. The molecule has 5 N–H and O–H groups in total. The molecule has 3 saturated heterocycles. The molecular weight excluding hydrogens is 1740 g/mol. The van der Waals surface area contributed by atoms with Crippen LogP contribution in [0, 0.1) is 76.2 Å². The average Bonchev–Trinajstić information content (AvgIpc) is 1.60. The topological polar surface area (TPSA) is 334 Å². The fraction of sp³-hybridized carbons (Fsp3) is 0.409. The highest BCUT2D eigenvalue weighted by atomic mass is 19.3. The normalized spacial score (nSPS) is 18.3. The van der Waals surface area contributed by atoms with Gasteiger partial charge in [0.25, 0.3) is 5.92 Å². The number of fused-ring (bicyclic) bond motifs is 5. The van der Waals surface area contributed by atoms with Gasteiger partial charge >= 0.3 is 0 Å². The maximum absolute atomic E-state index is 13.7. The third-order valence-electron chi connectivity index (χ3n) is 29.4. The molecule has 26 nitrogen and oxygen atoms in total. The molecule has 8 fully saturated rings. The standard InChI is InChI=1S/C25H25F2N3O.C24H25N3O.C21H24N4O2.2C20H22N4O2/c1-13(16-7-9-19(10-8-16)25(4,26)27)20-11-18(22-14(2)30-31-15(22)3)12-21-23(20)29-24(28-21)17-5-6-17;1-13-6-5-7-18(10-13)14(2)20-11-19(22-15(3)27-28-16(22)4)12-21-23(20)26-24(25-21)17-8-9-17;1-4-15-7-8-18(26)25(15)17-10-14(19-11(2)24-27-12(19)3)9-16-20(17)23-21(22-16)13-5-6-13;2*1-10-4-7-17(25)24(10)16-9-14(18-11(2)23-26-12(18)3)8-15-19(16)22-20(21-15)13-5-6-13/h7-13,17H,5-6H2,1-4H3,(H,28,29);5-7,10-12,14,17H,8-9H2,1-4H3,(H,25,26);9-10,13,15H,4-8H2,1-3H3,(H,22,23);2*8-10,13H,4-7H2,1-3H3,(H,21,22)/t;;;10-;/m...1./s1. The number of alkyl halides is 2. The van der Waals surface area contributed by atoms with Gasteiger partial charge in [0.2, 0.25) is 17.7 Å². The number of carbonyl (C=O) groups is 3. The second-order valence-corrected chi connectivity index (χ2v) is 40.1. The molecule has 7 aromatic carbocycles. The molecule has 17 aromatic rings. The Morgan fingerprint density at radius 3 is 0.935 bits per heavy atom. The van der Waals surface area contributed by atoms with Crippen molar-refractivity contribution in [3.05, 3.63) is 229 Å². The number of rotatable bonds is 19. The second kappa shape index (κ2) is 35.6. The molecule has 10 aromatic heterocycles. The molecule has 0 spiro atoms. The van der Waals surface area contributed by atoms with Crippen LogP contribution in [0.1, 0.15) is 312 Å².